The molecule has 2 aliphatic heterocycles. The summed E-state index contributed by atoms with van der Waals surface area (Å²) in [4.78, 5) is 26.7. The number of aliphatic hydroxyl groups excluding tert-OH is 1. The number of carboxylic acids is 1. The van der Waals surface area contributed by atoms with Crippen LogP contribution in [0.3, 0.4) is 0 Å². The zero-order valence-electron chi connectivity index (χ0n) is 10.6. The predicted molar refractivity (Wildman–Crippen MR) is 64.1 cm³/mol. The minimum Gasteiger partial charge on any atom is -0.481 e. The number of carboxylic acid groups (broad SMARTS) is 1. The number of urea groups is 1. The Morgan fingerprint density at radius 2 is 2.11 bits per heavy atom. The van der Waals surface area contributed by atoms with Crippen LogP contribution in [0, 0.1) is 5.41 Å². The Labute approximate surface area is 106 Å². The summed E-state index contributed by atoms with van der Waals surface area (Å²) >= 11 is 0. The number of likely N-dealkylation sites (tertiary alicyclic amines) is 2. The van der Waals surface area contributed by atoms with Crippen LogP contribution in [0.25, 0.3) is 0 Å². The number of carbonyl (C=O) groups is 2. The molecule has 0 aromatic rings. The molecule has 2 fully saturated rings. The summed E-state index contributed by atoms with van der Waals surface area (Å²) in [5, 5.41) is 18.4. The summed E-state index contributed by atoms with van der Waals surface area (Å²) in [6.45, 7) is 3.06. The van der Waals surface area contributed by atoms with E-state index >= 15 is 0 Å². The average Bonchev–Trinajstić information content (AvgIpc) is 2.94. The first-order valence-corrected chi connectivity index (χ1v) is 6.38. The van der Waals surface area contributed by atoms with Gasteiger partial charge >= 0.3 is 12.0 Å². The molecular formula is C12H20N2O4. The van der Waals surface area contributed by atoms with Gasteiger partial charge in [-0.15, -0.1) is 0 Å². The van der Waals surface area contributed by atoms with Crippen LogP contribution >= 0.6 is 0 Å². The van der Waals surface area contributed by atoms with Crippen molar-refractivity contribution in [1.29, 1.82) is 0 Å². The molecule has 2 N–H and O–H groups in total. The van der Waals surface area contributed by atoms with Gasteiger partial charge < -0.3 is 20.0 Å². The van der Waals surface area contributed by atoms with Crippen LogP contribution in [0.1, 0.15) is 26.2 Å². The summed E-state index contributed by atoms with van der Waals surface area (Å²) in [5.41, 5.74) is -0.829. The number of aliphatic hydroxyl groups is 1. The molecule has 102 valence electrons. The average molecular weight is 256 g/mol. The Hall–Kier alpha value is -1.30. The molecule has 0 saturated carbocycles. The summed E-state index contributed by atoms with van der Waals surface area (Å²) < 4.78 is 0. The van der Waals surface area contributed by atoms with Gasteiger partial charge in [-0.2, -0.15) is 0 Å². The normalized spacial score (nSPS) is 32.0. The summed E-state index contributed by atoms with van der Waals surface area (Å²) in [6.07, 6.45) is 2.22. The predicted octanol–water partition coefficient (Wildman–Crippen LogP) is 0.360. The Bertz CT molecular complexity index is 360. The van der Waals surface area contributed by atoms with Crippen molar-refractivity contribution < 1.29 is 19.8 Å². The molecule has 2 aliphatic rings. The molecule has 2 atom stereocenters. The second kappa shape index (κ2) is 4.76. The first kappa shape index (κ1) is 13.1. The fourth-order valence-electron chi connectivity index (χ4n) is 2.76. The molecular weight excluding hydrogens is 236 g/mol. The second-order valence-electron chi connectivity index (χ2n) is 5.49. The number of aliphatic carboxylic acids is 1. The van der Waals surface area contributed by atoms with Crippen LogP contribution in [0.15, 0.2) is 0 Å². The Balaban J connectivity index is 2.01. The van der Waals surface area contributed by atoms with Crippen molar-refractivity contribution in [3.63, 3.8) is 0 Å². The quantitative estimate of drug-likeness (QED) is 0.747. The first-order chi connectivity index (χ1) is 8.48. The standard InChI is InChI=1S/C12H20N2O4/c1-12(10(16)17)4-6-13(8-12)11(18)14-5-2-3-9(14)7-15/h9,15H,2-8H2,1H3,(H,16,17). The largest absolute Gasteiger partial charge is 0.481 e. The molecule has 0 bridgehead atoms. The topological polar surface area (TPSA) is 81.1 Å². The molecule has 2 unspecified atom stereocenters. The maximum Gasteiger partial charge on any atom is 0.320 e. The summed E-state index contributed by atoms with van der Waals surface area (Å²) in [7, 11) is 0. The third kappa shape index (κ3) is 2.16. The van der Waals surface area contributed by atoms with Crippen molar-refractivity contribution in [2.24, 2.45) is 5.41 Å². The monoisotopic (exact) mass is 256 g/mol. The van der Waals surface area contributed by atoms with E-state index in [4.69, 9.17) is 5.11 Å². The van der Waals surface area contributed by atoms with Crippen molar-refractivity contribution in [1.82, 2.24) is 9.80 Å². The molecule has 2 rings (SSSR count). The minimum atomic E-state index is -0.849. The molecule has 2 amide bonds. The second-order valence-corrected chi connectivity index (χ2v) is 5.49. The number of carbonyl (C=O) groups excluding carboxylic acids is 1. The van der Waals surface area contributed by atoms with E-state index in [2.05, 4.69) is 0 Å². The molecule has 0 aliphatic carbocycles. The van der Waals surface area contributed by atoms with Gasteiger partial charge in [0.2, 0.25) is 0 Å². The number of nitrogens with zero attached hydrogens (tertiary/aromatic N) is 2. The van der Waals surface area contributed by atoms with Gasteiger partial charge in [0.1, 0.15) is 0 Å². The van der Waals surface area contributed by atoms with Gasteiger partial charge in [-0.05, 0) is 26.2 Å². The number of hydrogen-bond acceptors (Lipinski definition) is 3. The van der Waals surface area contributed by atoms with Gasteiger partial charge in [0, 0.05) is 19.6 Å². The summed E-state index contributed by atoms with van der Waals surface area (Å²) in [6, 6.07) is -0.231. The highest BCUT2D eigenvalue weighted by molar-refractivity contribution is 5.79. The minimum absolute atomic E-state index is 0.0181. The third-order valence-corrected chi connectivity index (χ3v) is 4.09. The number of amides is 2. The van der Waals surface area contributed by atoms with Gasteiger partial charge in [-0.25, -0.2) is 4.79 Å². The molecule has 2 heterocycles. The van der Waals surface area contributed by atoms with Crippen LogP contribution in [-0.2, 0) is 4.79 Å². The highest BCUT2D eigenvalue weighted by Gasteiger charge is 2.44. The first-order valence-electron chi connectivity index (χ1n) is 6.38. The molecule has 6 nitrogen and oxygen atoms in total. The van der Waals surface area contributed by atoms with Gasteiger partial charge in [0.15, 0.2) is 0 Å². The summed E-state index contributed by atoms with van der Waals surface area (Å²) in [5.74, 6) is -0.849. The zero-order chi connectivity index (χ0) is 13.3. The van der Waals surface area contributed by atoms with Gasteiger partial charge in [-0.3, -0.25) is 4.79 Å². The van der Waals surface area contributed by atoms with E-state index in [1.807, 2.05) is 0 Å². The van der Waals surface area contributed by atoms with Crippen LogP contribution in [0.4, 0.5) is 4.79 Å². The molecule has 0 aromatic carbocycles. The Morgan fingerprint density at radius 1 is 1.39 bits per heavy atom. The highest BCUT2D eigenvalue weighted by Crippen LogP contribution is 2.31. The third-order valence-electron chi connectivity index (χ3n) is 4.09. The van der Waals surface area contributed by atoms with E-state index in [0.29, 0.717) is 19.5 Å². The van der Waals surface area contributed by atoms with Crippen LogP contribution < -0.4 is 0 Å². The van der Waals surface area contributed by atoms with Crippen LogP contribution in [0.2, 0.25) is 0 Å². The lowest BCUT2D eigenvalue weighted by molar-refractivity contribution is -0.147. The fourth-order valence-corrected chi connectivity index (χ4v) is 2.76. The number of rotatable bonds is 2. The maximum atomic E-state index is 12.3. The van der Waals surface area contributed by atoms with Crippen molar-refractivity contribution >= 4 is 12.0 Å². The van der Waals surface area contributed by atoms with Gasteiger partial charge in [-0.1, -0.05) is 0 Å². The lowest BCUT2D eigenvalue weighted by Crippen LogP contribution is -2.46. The smallest absolute Gasteiger partial charge is 0.320 e. The molecule has 0 aromatic heterocycles. The lowest BCUT2D eigenvalue weighted by Gasteiger charge is -2.29. The van der Waals surface area contributed by atoms with E-state index in [9.17, 15) is 14.7 Å². The Morgan fingerprint density at radius 3 is 2.67 bits per heavy atom. The van der Waals surface area contributed by atoms with Crippen molar-refractivity contribution in [2.45, 2.75) is 32.2 Å². The maximum absolute atomic E-state index is 12.3. The van der Waals surface area contributed by atoms with E-state index in [1.165, 1.54) is 0 Å². The van der Waals surface area contributed by atoms with Crippen LogP contribution in [0.5, 0.6) is 0 Å². The van der Waals surface area contributed by atoms with E-state index in [1.54, 1.807) is 16.7 Å². The van der Waals surface area contributed by atoms with Crippen molar-refractivity contribution in [3.05, 3.63) is 0 Å². The Kier molecular flexibility index (Phi) is 3.47. The molecule has 2 saturated heterocycles. The van der Waals surface area contributed by atoms with E-state index in [-0.39, 0.29) is 25.2 Å². The fraction of sp³-hybridized carbons (Fsp3) is 0.833. The van der Waals surface area contributed by atoms with Crippen LogP contribution in [-0.4, -0.2) is 64.3 Å². The molecule has 6 heteroatoms. The van der Waals surface area contributed by atoms with E-state index < -0.39 is 11.4 Å². The van der Waals surface area contributed by atoms with Gasteiger partial charge in [0.05, 0.1) is 18.1 Å². The molecule has 0 spiro atoms. The lowest BCUT2D eigenvalue weighted by atomic mass is 9.90. The number of hydrogen-bond donors (Lipinski definition) is 2. The van der Waals surface area contributed by atoms with E-state index in [0.717, 1.165) is 12.8 Å². The zero-order valence-corrected chi connectivity index (χ0v) is 10.6. The highest BCUT2D eigenvalue weighted by atomic mass is 16.4. The SMILES string of the molecule is CC1(C(=O)O)CCN(C(=O)N2CCCC2CO)C1. The van der Waals surface area contributed by atoms with Gasteiger partial charge in [0.25, 0.3) is 0 Å². The van der Waals surface area contributed by atoms with Crippen molar-refractivity contribution in [3.8, 4) is 0 Å². The molecule has 0 radical (unpaired) electrons. The molecule has 18 heavy (non-hydrogen) atoms. The van der Waals surface area contributed by atoms with Crippen molar-refractivity contribution in [2.75, 3.05) is 26.2 Å².